The van der Waals surface area contributed by atoms with Crippen molar-refractivity contribution in [1.82, 2.24) is 0 Å². The van der Waals surface area contributed by atoms with E-state index in [1.54, 1.807) is 20.8 Å². The molecule has 0 radical (unpaired) electrons. The smallest absolute Gasteiger partial charge is 0.478 e. The Hall–Kier alpha value is -1.55. The average Bonchev–Trinajstić information content (AvgIpc) is 2.25. The molecule has 21 heavy (non-hydrogen) atoms. The van der Waals surface area contributed by atoms with Gasteiger partial charge in [-0.05, 0) is 42.9 Å². The molecule has 0 aliphatic heterocycles. The summed E-state index contributed by atoms with van der Waals surface area (Å²) in [5, 5.41) is 28.5. The third-order valence-corrected chi connectivity index (χ3v) is 4.22. The maximum absolute atomic E-state index is 11.5. The number of aromatic carboxylic acids is 1. The van der Waals surface area contributed by atoms with Crippen LogP contribution in [0.1, 0.15) is 32.6 Å². The second kappa shape index (κ2) is 6.06. The van der Waals surface area contributed by atoms with Gasteiger partial charge >= 0.3 is 13.1 Å². The molecule has 0 saturated heterocycles. The lowest BCUT2D eigenvalue weighted by molar-refractivity contribution is 0.0695. The van der Waals surface area contributed by atoms with E-state index in [0.717, 1.165) is 0 Å². The topological polar surface area (TPSA) is 77.8 Å². The Morgan fingerprint density at radius 1 is 1.05 bits per heavy atom. The molecule has 0 atom stereocenters. The van der Waals surface area contributed by atoms with Crippen LogP contribution in [0.5, 0.6) is 0 Å². The molecular formula is C15H21BO4Si. The van der Waals surface area contributed by atoms with Crippen LogP contribution in [0.3, 0.4) is 0 Å². The van der Waals surface area contributed by atoms with E-state index in [4.69, 9.17) is 0 Å². The highest BCUT2D eigenvalue weighted by Gasteiger charge is 2.26. The van der Waals surface area contributed by atoms with E-state index in [2.05, 4.69) is 31.1 Å². The average molecular weight is 304 g/mol. The Kier molecular flexibility index (Phi) is 5.05. The molecule has 0 saturated carbocycles. The Balaban J connectivity index is 3.79. The van der Waals surface area contributed by atoms with Crippen molar-refractivity contribution in [3.8, 4) is 11.5 Å². The lowest BCUT2D eigenvalue weighted by Crippen LogP contribution is -2.37. The standard InChI is InChI=1S/C15H21BO4Si/c1-9-12(7-8-21(4,5)6)10(2)14(16(19)20)11(3)13(9)15(17)18/h19-20H,1-6H3,(H,17,18). The molecule has 0 unspecified atom stereocenters. The first-order valence-corrected chi connectivity index (χ1v) is 10.2. The normalized spacial score (nSPS) is 10.9. The van der Waals surface area contributed by atoms with Crippen LogP contribution in [0.2, 0.25) is 19.6 Å². The van der Waals surface area contributed by atoms with Crippen LogP contribution in [0.4, 0.5) is 0 Å². The number of carboxylic acid groups (broad SMARTS) is 1. The monoisotopic (exact) mass is 304 g/mol. The van der Waals surface area contributed by atoms with Crippen molar-refractivity contribution in [1.29, 1.82) is 0 Å². The molecule has 0 aromatic heterocycles. The van der Waals surface area contributed by atoms with Crippen molar-refractivity contribution >= 4 is 26.6 Å². The molecule has 1 aromatic carbocycles. The summed E-state index contributed by atoms with van der Waals surface area (Å²) >= 11 is 0. The summed E-state index contributed by atoms with van der Waals surface area (Å²) in [5.41, 5.74) is 5.72. The molecule has 0 amide bonds. The number of hydrogen-bond donors (Lipinski definition) is 3. The lowest BCUT2D eigenvalue weighted by atomic mass is 9.71. The minimum Gasteiger partial charge on any atom is -0.478 e. The van der Waals surface area contributed by atoms with Crippen molar-refractivity contribution in [2.45, 2.75) is 40.4 Å². The van der Waals surface area contributed by atoms with Gasteiger partial charge in [0.15, 0.2) is 0 Å². The van der Waals surface area contributed by atoms with E-state index in [0.29, 0.717) is 22.3 Å². The number of rotatable bonds is 2. The van der Waals surface area contributed by atoms with E-state index >= 15 is 0 Å². The van der Waals surface area contributed by atoms with Gasteiger partial charge in [-0.3, -0.25) is 0 Å². The maximum Gasteiger partial charge on any atom is 0.489 e. The van der Waals surface area contributed by atoms with E-state index in [1.807, 2.05) is 0 Å². The molecule has 1 aromatic rings. The summed E-state index contributed by atoms with van der Waals surface area (Å²) < 4.78 is 0. The Labute approximate surface area is 127 Å². The van der Waals surface area contributed by atoms with Crippen LogP contribution in [0, 0.1) is 32.2 Å². The summed E-state index contributed by atoms with van der Waals surface area (Å²) in [6.07, 6.45) is 0. The first-order chi connectivity index (χ1) is 9.47. The predicted molar refractivity (Wildman–Crippen MR) is 87.7 cm³/mol. The van der Waals surface area contributed by atoms with Crippen LogP contribution in [-0.4, -0.2) is 36.3 Å². The van der Waals surface area contributed by atoms with Gasteiger partial charge in [-0.1, -0.05) is 25.6 Å². The van der Waals surface area contributed by atoms with Crippen molar-refractivity contribution < 1.29 is 19.9 Å². The highest BCUT2D eigenvalue weighted by Crippen LogP contribution is 2.21. The molecule has 0 spiro atoms. The molecule has 0 bridgehead atoms. The first kappa shape index (κ1) is 17.5. The van der Waals surface area contributed by atoms with Crippen molar-refractivity contribution in [3.63, 3.8) is 0 Å². The van der Waals surface area contributed by atoms with Crippen LogP contribution < -0.4 is 5.46 Å². The van der Waals surface area contributed by atoms with Crippen LogP contribution in [0.25, 0.3) is 0 Å². The molecule has 0 aliphatic carbocycles. The Morgan fingerprint density at radius 2 is 1.57 bits per heavy atom. The van der Waals surface area contributed by atoms with Gasteiger partial charge < -0.3 is 15.2 Å². The van der Waals surface area contributed by atoms with Crippen molar-refractivity contribution in [2.24, 2.45) is 0 Å². The molecular weight excluding hydrogens is 283 g/mol. The van der Waals surface area contributed by atoms with Gasteiger partial charge in [0.25, 0.3) is 0 Å². The number of hydrogen-bond acceptors (Lipinski definition) is 3. The van der Waals surface area contributed by atoms with Gasteiger partial charge in [-0.2, -0.15) is 0 Å². The van der Waals surface area contributed by atoms with E-state index in [9.17, 15) is 19.9 Å². The van der Waals surface area contributed by atoms with E-state index in [1.165, 1.54) is 0 Å². The summed E-state index contributed by atoms with van der Waals surface area (Å²) in [7, 11) is -3.33. The molecule has 0 fully saturated rings. The van der Waals surface area contributed by atoms with Gasteiger partial charge in [0.1, 0.15) is 8.07 Å². The van der Waals surface area contributed by atoms with Crippen LogP contribution in [0.15, 0.2) is 0 Å². The zero-order valence-electron chi connectivity index (χ0n) is 13.3. The molecule has 1 rings (SSSR count). The van der Waals surface area contributed by atoms with Gasteiger partial charge in [0.2, 0.25) is 0 Å². The van der Waals surface area contributed by atoms with Crippen molar-refractivity contribution in [3.05, 3.63) is 27.8 Å². The van der Waals surface area contributed by atoms with Crippen molar-refractivity contribution in [2.75, 3.05) is 0 Å². The second-order valence-corrected chi connectivity index (χ2v) is 11.0. The first-order valence-electron chi connectivity index (χ1n) is 6.73. The van der Waals surface area contributed by atoms with Crippen LogP contribution in [-0.2, 0) is 0 Å². The third-order valence-electron chi connectivity index (χ3n) is 3.34. The van der Waals surface area contributed by atoms with Gasteiger partial charge in [0.05, 0.1) is 5.56 Å². The predicted octanol–water partition coefficient (Wildman–Crippen LogP) is 1.22. The summed E-state index contributed by atoms with van der Waals surface area (Å²) in [6, 6.07) is 0. The molecule has 112 valence electrons. The largest absolute Gasteiger partial charge is 0.489 e. The minimum atomic E-state index is -1.71. The zero-order valence-corrected chi connectivity index (χ0v) is 14.3. The number of benzene rings is 1. The zero-order chi connectivity index (χ0) is 16.5. The molecule has 6 heteroatoms. The summed E-state index contributed by atoms with van der Waals surface area (Å²) in [6.45, 7) is 11.3. The summed E-state index contributed by atoms with van der Waals surface area (Å²) in [5.74, 6) is 1.98. The molecule has 4 nitrogen and oxygen atoms in total. The van der Waals surface area contributed by atoms with Gasteiger partial charge in [-0.15, -0.1) is 5.54 Å². The van der Waals surface area contributed by atoms with E-state index < -0.39 is 21.2 Å². The molecule has 0 heterocycles. The maximum atomic E-state index is 11.5. The third kappa shape index (κ3) is 3.76. The van der Waals surface area contributed by atoms with Gasteiger partial charge in [0, 0.05) is 5.56 Å². The highest BCUT2D eigenvalue weighted by atomic mass is 28.3. The quantitative estimate of drug-likeness (QED) is 0.567. The van der Waals surface area contributed by atoms with Gasteiger partial charge in [-0.25, -0.2) is 4.79 Å². The Bertz CT molecular complexity index is 649. The molecule has 0 aliphatic rings. The SMILES string of the molecule is Cc1c(C#C[Si](C)(C)C)c(C)c(C(=O)O)c(C)c1B(O)O. The number of carbonyl (C=O) groups is 1. The van der Waals surface area contributed by atoms with E-state index in [-0.39, 0.29) is 11.0 Å². The Morgan fingerprint density at radius 3 is 1.95 bits per heavy atom. The fourth-order valence-electron chi connectivity index (χ4n) is 2.38. The fraction of sp³-hybridized carbons (Fsp3) is 0.400. The highest BCUT2D eigenvalue weighted by molar-refractivity contribution is 6.83. The fourth-order valence-corrected chi connectivity index (χ4v) is 2.88. The van der Waals surface area contributed by atoms with Crippen LogP contribution >= 0.6 is 0 Å². The minimum absolute atomic E-state index is 0.101. The number of carboxylic acids is 1. The molecule has 3 N–H and O–H groups in total. The second-order valence-electron chi connectivity index (χ2n) is 6.22. The lowest BCUT2D eigenvalue weighted by Gasteiger charge is -2.17. The summed E-state index contributed by atoms with van der Waals surface area (Å²) in [4.78, 5) is 11.5.